The number of halogens is 1. The quantitative estimate of drug-likeness (QED) is 0.876. The number of aryl methyl sites for hydroxylation is 1. The number of methoxy groups -OCH3 is 1. The van der Waals surface area contributed by atoms with Gasteiger partial charge < -0.3 is 19.7 Å². The van der Waals surface area contributed by atoms with E-state index in [1.807, 2.05) is 26.8 Å². The van der Waals surface area contributed by atoms with Gasteiger partial charge in [-0.3, -0.25) is 4.79 Å². The number of quaternary nitrogens is 1. The van der Waals surface area contributed by atoms with Gasteiger partial charge in [0.15, 0.2) is 6.54 Å². The summed E-state index contributed by atoms with van der Waals surface area (Å²) in [5, 5.41) is 3.54. The number of morpholine rings is 1. The van der Waals surface area contributed by atoms with Crippen molar-refractivity contribution in [2.45, 2.75) is 33.0 Å². The van der Waals surface area contributed by atoms with Gasteiger partial charge in [0.25, 0.3) is 5.91 Å². The predicted octanol–water partition coefficient (Wildman–Crippen LogP) is 1.29. The topological polar surface area (TPSA) is 52.0 Å². The lowest BCUT2D eigenvalue weighted by atomic mass is 10.2. The number of benzene rings is 1. The highest BCUT2D eigenvalue weighted by Crippen LogP contribution is 2.30. The molecule has 6 heteroatoms. The summed E-state index contributed by atoms with van der Waals surface area (Å²) in [5.74, 6) is 0.541. The third kappa shape index (κ3) is 4.35. The lowest BCUT2D eigenvalue weighted by Crippen LogP contribution is -3.16. The number of ether oxygens (including phenoxy) is 2. The molecule has 1 aromatic rings. The van der Waals surface area contributed by atoms with Crippen molar-refractivity contribution in [3.05, 3.63) is 22.7 Å². The first-order chi connectivity index (χ1) is 10.4. The average Bonchev–Trinajstić information content (AvgIpc) is 2.41. The third-order valence-corrected chi connectivity index (χ3v) is 4.19. The molecule has 0 aromatic heterocycles. The van der Waals surface area contributed by atoms with Gasteiger partial charge in [-0.05, 0) is 32.4 Å². The van der Waals surface area contributed by atoms with E-state index >= 15 is 0 Å². The van der Waals surface area contributed by atoms with Crippen LogP contribution in [-0.2, 0) is 9.53 Å². The molecule has 0 radical (unpaired) electrons. The molecule has 2 rings (SSSR count). The Bertz CT molecular complexity index is 540. The minimum absolute atomic E-state index is 0.0312. The van der Waals surface area contributed by atoms with Gasteiger partial charge in [0.1, 0.15) is 31.0 Å². The molecule has 0 bridgehead atoms. The van der Waals surface area contributed by atoms with Crippen molar-refractivity contribution in [2.24, 2.45) is 0 Å². The highest BCUT2D eigenvalue weighted by atomic mass is 35.5. The van der Waals surface area contributed by atoms with Crippen LogP contribution in [0.25, 0.3) is 0 Å². The van der Waals surface area contributed by atoms with E-state index in [9.17, 15) is 4.79 Å². The van der Waals surface area contributed by atoms with Gasteiger partial charge in [-0.2, -0.15) is 0 Å². The summed E-state index contributed by atoms with van der Waals surface area (Å²) in [6, 6.07) is 3.55. The van der Waals surface area contributed by atoms with Gasteiger partial charge in [0.2, 0.25) is 0 Å². The summed E-state index contributed by atoms with van der Waals surface area (Å²) < 4.78 is 11.0. The van der Waals surface area contributed by atoms with Crippen LogP contribution in [0, 0.1) is 6.92 Å². The monoisotopic (exact) mass is 327 g/mol. The Balaban J connectivity index is 2.01. The Morgan fingerprint density at radius 2 is 2.05 bits per heavy atom. The Labute approximate surface area is 136 Å². The molecule has 1 aliphatic heterocycles. The van der Waals surface area contributed by atoms with Gasteiger partial charge in [-0.1, -0.05) is 11.6 Å². The maximum Gasteiger partial charge on any atom is 0.279 e. The first-order valence-electron chi connectivity index (χ1n) is 7.52. The van der Waals surface area contributed by atoms with Crippen LogP contribution in [0.4, 0.5) is 5.69 Å². The number of hydrogen-bond acceptors (Lipinski definition) is 3. The third-order valence-electron chi connectivity index (χ3n) is 3.78. The molecule has 0 aliphatic carbocycles. The van der Waals surface area contributed by atoms with E-state index in [-0.39, 0.29) is 18.1 Å². The molecule has 1 aliphatic rings. The zero-order valence-corrected chi connectivity index (χ0v) is 14.3. The van der Waals surface area contributed by atoms with E-state index in [4.69, 9.17) is 21.1 Å². The van der Waals surface area contributed by atoms with E-state index < -0.39 is 0 Å². The molecule has 2 atom stereocenters. The van der Waals surface area contributed by atoms with Crippen molar-refractivity contribution in [1.82, 2.24) is 0 Å². The van der Waals surface area contributed by atoms with E-state index in [0.717, 1.165) is 18.7 Å². The number of carbonyl (C=O) groups is 1. The van der Waals surface area contributed by atoms with Gasteiger partial charge in [0, 0.05) is 11.1 Å². The lowest BCUT2D eigenvalue weighted by Gasteiger charge is -2.31. The van der Waals surface area contributed by atoms with Crippen molar-refractivity contribution >= 4 is 23.2 Å². The molecule has 1 amide bonds. The molecule has 0 spiro atoms. The first-order valence-corrected chi connectivity index (χ1v) is 7.89. The van der Waals surface area contributed by atoms with Crippen molar-refractivity contribution < 1.29 is 19.2 Å². The van der Waals surface area contributed by atoms with Gasteiger partial charge >= 0.3 is 0 Å². The van der Waals surface area contributed by atoms with Crippen molar-refractivity contribution in [1.29, 1.82) is 0 Å². The summed E-state index contributed by atoms with van der Waals surface area (Å²) in [5.41, 5.74) is 1.56. The molecular formula is C16H24ClN2O3+. The maximum atomic E-state index is 12.3. The van der Waals surface area contributed by atoms with E-state index in [1.54, 1.807) is 13.2 Å². The summed E-state index contributed by atoms with van der Waals surface area (Å²) in [6.45, 7) is 8.08. The average molecular weight is 328 g/mol. The fourth-order valence-corrected chi connectivity index (χ4v) is 3.04. The Kier molecular flexibility index (Phi) is 5.67. The lowest BCUT2D eigenvalue weighted by molar-refractivity contribution is -0.907. The largest absolute Gasteiger partial charge is 0.495 e. The normalized spacial score (nSPS) is 24.9. The molecule has 2 N–H and O–H groups in total. The van der Waals surface area contributed by atoms with Gasteiger partial charge in [0.05, 0.1) is 12.8 Å². The van der Waals surface area contributed by atoms with E-state index in [0.29, 0.717) is 23.0 Å². The number of nitrogens with one attached hydrogen (secondary N) is 2. The van der Waals surface area contributed by atoms with E-state index in [1.165, 1.54) is 4.90 Å². The molecule has 1 saturated heterocycles. The highest BCUT2D eigenvalue weighted by molar-refractivity contribution is 6.31. The molecule has 22 heavy (non-hydrogen) atoms. The number of carbonyl (C=O) groups excluding carboxylic acids is 1. The zero-order chi connectivity index (χ0) is 16.3. The Morgan fingerprint density at radius 1 is 1.41 bits per heavy atom. The summed E-state index contributed by atoms with van der Waals surface area (Å²) >= 11 is 6.08. The molecule has 122 valence electrons. The Hall–Kier alpha value is -1.30. The van der Waals surface area contributed by atoms with E-state index in [2.05, 4.69) is 5.32 Å². The van der Waals surface area contributed by atoms with Crippen LogP contribution in [0.5, 0.6) is 5.75 Å². The SMILES string of the molecule is COc1cc(Cl)c(C)cc1NC(=O)C[NH+]1C[C@@H](C)O[C@H](C)C1. The summed E-state index contributed by atoms with van der Waals surface area (Å²) in [6.07, 6.45) is 0.359. The molecule has 1 heterocycles. The van der Waals surface area contributed by atoms with Crippen LogP contribution in [-0.4, -0.2) is 44.9 Å². The van der Waals surface area contributed by atoms with Crippen LogP contribution >= 0.6 is 11.6 Å². The minimum atomic E-state index is -0.0312. The fraction of sp³-hybridized carbons (Fsp3) is 0.562. The van der Waals surface area contributed by atoms with Crippen LogP contribution < -0.4 is 15.0 Å². The fourth-order valence-electron chi connectivity index (χ4n) is 2.88. The molecule has 5 nitrogen and oxygen atoms in total. The number of amides is 1. The second-order valence-electron chi connectivity index (χ2n) is 5.94. The number of hydrogen-bond donors (Lipinski definition) is 2. The number of rotatable bonds is 4. The molecule has 0 saturated carbocycles. The number of anilines is 1. The van der Waals surface area contributed by atoms with Crippen molar-refractivity contribution in [2.75, 3.05) is 32.1 Å². The summed E-state index contributed by atoms with van der Waals surface area (Å²) in [4.78, 5) is 13.5. The van der Waals surface area contributed by atoms with Crippen LogP contribution in [0.2, 0.25) is 5.02 Å². The molecule has 1 fully saturated rings. The smallest absolute Gasteiger partial charge is 0.279 e. The Morgan fingerprint density at radius 3 is 2.64 bits per heavy atom. The molecule has 1 aromatic carbocycles. The van der Waals surface area contributed by atoms with Crippen LogP contribution in [0.1, 0.15) is 19.4 Å². The second kappa shape index (κ2) is 7.31. The molecule has 0 unspecified atom stereocenters. The first kappa shape index (κ1) is 17.1. The minimum Gasteiger partial charge on any atom is -0.495 e. The maximum absolute atomic E-state index is 12.3. The zero-order valence-electron chi connectivity index (χ0n) is 13.5. The predicted molar refractivity (Wildman–Crippen MR) is 86.9 cm³/mol. The standard InChI is InChI=1S/C16H23ClN2O3/c1-10-5-14(15(21-4)6-13(10)17)18-16(20)9-19-7-11(2)22-12(3)8-19/h5-6,11-12H,7-9H2,1-4H3,(H,18,20)/p+1/t11-,12-/m1/s1. The van der Waals surface area contributed by atoms with Gasteiger partial charge in [-0.15, -0.1) is 0 Å². The van der Waals surface area contributed by atoms with Gasteiger partial charge in [-0.25, -0.2) is 0 Å². The van der Waals surface area contributed by atoms with Crippen molar-refractivity contribution in [3.8, 4) is 5.75 Å². The van der Waals surface area contributed by atoms with Crippen LogP contribution in [0.15, 0.2) is 12.1 Å². The second-order valence-corrected chi connectivity index (χ2v) is 6.35. The van der Waals surface area contributed by atoms with Crippen molar-refractivity contribution in [3.63, 3.8) is 0 Å². The highest BCUT2D eigenvalue weighted by Gasteiger charge is 2.27. The summed E-state index contributed by atoms with van der Waals surface area (Å²) in [7, 11) is 1.56. The van der Waals surface area contributed by atoms with Crippen LogP contribution in [0.3, 0.4) is 0 Å². The molecular weight excluding hydrogens is 304 g/mol.